The van der Waals surface area contributed by atoms with Crippen LogP contribution in [-0.4, -0.2) is 65.7 Å². The van der Waals surface area contributed by atoms with Crippen molar-refractivity contribution < 1.29 is 24.5 Å². The Morgan fingerprint density at radius 1 is 1.17 bits per heavy atom. The number of methoxy groups -OCH3 is 2. The number of piperidine rings is 1. The minimum atomic E-state index is -0.751. The lowest BCUT2D eigenvalue weighted by Crippen LogP contribution is -2.44. The van der Waals surface area contributed by atoms with E-state index in [1.54, 1.807) is 32.2 Å². The van der Waals surface area contributed by atoms with Gasteiger partial charge in [0, 0.05) is 35.3 Å². The van der Waals surface area contributed by atoms with Gasteiger partial charge in [0.2, 0.25) is 0 Å². The van der Waals surface area contributed by atoms with Crippen molar-refractivity contribution >= 4 is 28.6 Å². The number of rotatable bonds is 11. The van der Waals surface area contributed by atoms with E-state index in [2.05, 4.69) is 16.0 Å². The van der Waals surface area contributed by atoms with Crippen molar-refractivity contribution in [3.8, 4) is 11.5 Å². The Kier molecular flexibility index (Phi) is 9.07. The number of likely N-dealkylation sites (tertiary alicyclic amines) is 1. The van der Waals surface area contributed by atoms with Crippen molar-refractivity contribution in [1.82, 2.24) is 9.88 Å². The van der Waals surface area contributed by atoms with Gasteiger partial charge in [-0.05, 0) is 79.8 Å². The van der Waals surface area contributed by atoms with Crippen LogP contribution < -0.4 is 9.47 Å². The summed E-state index contributed by atoms with van der Waals surface area (Å²) in [4.78, 5) is 19.9. The summed E-state index contributed by atoms with van der Waals surface area (Å²) in [5.41, 5.74) is 1.61. The third-order valence-corrected chi connectivity index (χ3v) is 8.00. The van der Waals surface area contributed by atoms with Crippen molar-refractivity contribution in [1.29, 1.82) is 0 Å². The van der Waals surface area contributed by atoms with Crippen LogP contribution in [0.5, 0.6) is 11.5 Å². The Labute approximate surface area is 216 Å². The first kappa shape index (κ1) is 26.3. The highest BCUT2D eigenvalue weighted by Crippen LogP contribution is 2.34. The molecule has 4 rings (SSSR count). The second-order valence-electron chi connectivity index (χ2n) is 9.20. The van der Waals surface area contributed by atoms with E-state index in [4.69, 9.17) is 9.47 Å². The van der Waals surface area contributed by atoms with Crippen molar-refractivity contribution in [3.05, 3.63) is 60.3 Å². The fourth-order valence-electron chi connectivity index (χ4n) is 4.97. The van der Waals surface area contributed by atoms with Crippen LogP contribution in [0.25, 0.3) is 10.9 Å². The van der Waals surface area contributed by atoms with Gasteiger partial charge in [-0.15, -0.1) is 11.8 Å². The van der Waals surface area contributed by atoms with E-state index in [1.807, 2.05) is 42.5 Å². The number of aliphatic carboxylic acids is 1. The number of carbonyl (C=O) groups is 1. The first-order valence-corrected chi connectivity index (χ1v) is 13.3. The second-order valence-corrected chi connectivity index (χ2v) is 10.4. The lowest BCUT2D eigenvalue weighted by Gasteiger charge is -2.37. The number of fused-ring (bicyclic) bond motifs is 1. The average Bonchev–Trinajstić information content (AvgIpc) is 2.91. The van der Waals surface area contributed by atoms with Crippen molar-refractivity contribution in [2.24, 2.45) is 11.8 Å². The van der Waals surface area contributed by atoms with Crippen LogP contribution in [0.15, 0.2) is 59.6 Å². The van der Waals surface area contributed by atoms with Crippen LogP contribution in [0.1, 0.15) is 30.9 Å². The molecule has 8 heteroatoms. The topological polar surface area (TPSA) is 92.1 Å². The highest BCUT2D eigenvalue weighted by atomic mass is 32.2. The first-order chi connectivity index (χ1) is 17.5. The molecule has 3 atom stereocenters. The van der Waals surface area contributed by atoms with E-state index < -0.39 is 18.0 Å². The zero-order valence-corrected chi connectivity index (χ0v) is 21.6. The molecule has 1 aliphatic heterocycles. The Morgan fingerprint density at radius 2 is 1.97 bits per heavy atom. The number of benzene rings is 2. The van der Waals surface area contributed by atoms with Crippen molar-refractivity contribution in [2.75, 3.05) is 39.6 Å². The molecule has 1 unspecified atom stereocenters. The minimum Gasteiger partial charge on any atom is -0.497 e. The average molecular weight is 511 g/mol. The third-order valence-electron chi connectivity index (χ3n) is 7.03. The maximum absolute atomic E-state index is 12.1. The van der Waals surface area contributed by atoms with Gasteiger partial charge in [-0.25, -0.2) is 0 Å². The normalized spacial score (nSPS) is 19.2. The molecule has 2 aromatic carbocycles. The summed E-state index contributed by atoms with van der Waals surface area (Å²) in [6.45, 7) is 2.26. The molecule has 1 fully saturated rings. The molecule has 7 nitrogen and oxygen atoms in total. The number of carboxylic acids is 1. The summed E-state index contributed by atoms with van der Waals surface area (Å²) < 4.78 is 10.6. The van der Waals surface area contributed by atoms with Crippen LogP contribution in [0.3, 0.4) is 0 Å². The van der Waals surface area contributed by atoms with Gasteiger partial charge in [-0.3, -0.25) is 9.78 Å². The largest absolute Gasteiger partial charge is 0.497 e. The predicted octanol–water partition coefficient (Wildman–Crippen LogP) is 4.88. The minimum absolute atomic E-state index is 0.0436. The van der Waals surface area contributed by atoms with Gasteiger partial charge in [0.25, 0.3) is 0 Å². The van der Waals surface area contributed by atoms with Crippen molar-refractivity contribution in [2.45, 2.75) is 30.3 Å². The Hall–Kier alpha value is -2.81. The highest BCUT2D eigenvalue weighted by molar-refractivity contribution is 7.99. The van der Waals surface area contributed by atoms with E-state index in [9.17, 15) is 15.0 Å². The van der Waals surface area contributed by atoms with E-state index in [-0.39, 0.29) is 5.92 Å². The molecular formula is C28H34N2O5S. The number of aromatic nitrogens is 1. The van der Waals surface area contributed by atoms with Crippen LogP contribution in [-0.2, 0) is 4.79 Å². The molecule has 0 bridgehead atoms. The maximum Gasteiger partial charge on any atom is 0.308 e. The lowest BCUT2D eigenvalue weighted by atomic mass is 9.81. The Balaban J connectivity index is 1.32. The molecule has 1 aromatic heterocycles. The Bertz CT molecular complexity index is 1170. The molecular weight excluding hydrogens is 476 g/mol. The summed E-state index contributed by atoms with van der Waals surface area (Å²) in [6.07, 6.45) is 3.01. The van der Waals surface area contributed by atoms with E-state index in [1.165, 1.54) is 0 Å². The summed E-state index contributed by atoms with van der Waals surface area (Å²) in [7, 11) is 3.28. The first-order valence-electron chi connectivity index (χ1n) is 12.3. The number of aliphatic hydroxyl groups excluding tert-OH is 1. The number of ether oxygens (including phenoxy) is 2. The molecule has 0 amide bonds. The smallest absolute Gasteiger partial charge is 0.308 e. The standard InChI is InChI=1S/C28H34N2O5S/c1-34-20-4-3-5-22(16-20)36-15-14-30-13-11-19(25(18-30)28(32)33)6-9-27(31)23-10-12-29-26-8-7-21(35-2)17-24(23)26/h3-5,7-8,10,12,16-17,19,25,27,31H,6,9,11,13-15,18H2,1-2H3,(H,32,33)/t19-,25+,27?/m1/s1. The van der Waals surface area contributed by atoms with Crippen LogP contribution in [0.2, 0.25) is 0 Å². The number of hydrogen-bond donors (Lipinski definition) is 2. The Morgan fingerprint density at radius 3 is 2.75 bits per heavy atom. The fourth-order valence-corrected chi connectivity index (χ4v) is 5.93. The molecule has 1 aliphatic rings. The van der Waals surface area contributed by atoms with Gasteiger partial charge in [0.15, 0.2) is 0 Å². The third kappa shape index (κ3) is 6.49. The van der Waals surface area contributed by atoms with E-state index in [0.717, 1.165) is 52.4 Å². The van der Waals surface area contributed by atoms with Crippen LogP contribution in [0.4, 0.5) is 0 Å². The van der Waals surface area contributed by atoms with Crippen LogP contribution in [0, 0.1) is 11.8 Å². The molecule has 0 radical (unpaired) electrons. The van der Waals surface area contributed by atoms with Gasteiger partial charge in [-0.2, -0.15) is 0 Å². The molecule has 1 saturated heterocycles. The van der Waals surface area contributed by atoms with E-state index in [0.29, 0.717) is 25.1 Å². The molecule has 0 saturated carbocycles. The van der Waals surface area contributed by atoms with Gasteiger partial charge in [0.1, 0.15) is 11.5 Å². The summed E-state index contributed by atoms with van der Waals surface area (Å²) in [6, 6.07) is 15.5. The fraction of sp³-hybridized carbons (Fsp3) is 0.429. The molecule has 2 N–H and O–H groups in total. The summed E-state index contributed by atoms with van der Waals surface area (Å²) >= 11 is 1.75. The molecule has 2 heterocycles. The molecule has 0 spiro atoms. The lowest BCUT2D eigenvalue weighted by molar-refractivity contribution is -0.146. The second kappa shape index (κ2) is 12.4. The molecule has 36 heavy (non-hydrogen) atoms. The summed E-state index contributed by atoms with van der Waals surface area (Å²) in [5.74, 6) is 1.31. The number of carboxylic acid groups (broad SMARTS) is 1. The van der Waals surface area contributed by atoms with Crippen molar-refractivity contribution in [3.63, 3.8) is 0 Å². The number of aliphatic hydroxyl groups is 1. The molecule has 0 aliphatic carbocycles. The van der Waals surface area contributed by atoms with E-state index >= 15 is 0 Å². The number of pyridine rings is 1. The predicted molar refractivity (Wildman–Crippen MR) is 142 cm³/mol. The SMILES string of the molecule is COc1cccc(SCCN2CC[C@@H](CCC(O)c3ccnc4ccc(OC)cc34)[C@@H](C(=O)O)C2)c1. The van der Waals surface area contributed by atoms with Gasteiger partial charge < -0.3 is 24.6 Å². The number of nitrogens with zero attached hydrogens (tertiary/aromatic N) is 2. The van der Waals surface area contributed by atoms with Gasteiger partial charge >= 0.3 is 5.97 Å². The zero-order valence-electron chi connectivity index (χ0n) is 20.8. The molecule has 3 aromatic rings. The maximum atomic E-state index is 12.1. The number of hydrogen-bond acceptors (Lipinski definition) is 7. The van der Waals surface area contributed by atoms with Gasteiger partial charge in [0.05, 0.1) is 31.8 Å². The highest BCUT2D eigenvalue weighted by Gasteiger charge is 2.34. The quantitative estimate of drug-likeness (QED) is 0.353. The molecule has 192 valence electrons. The zero-order chi connectivity index (χ0) is 25.5. The monoisotopic (exact) mass is 510 g/mol. The summed E-state index contributed by atoms with van der Waals surface area (Å²) in [5, 5.41) is 21.8. The van der Waals surface area contributed by atoms with Crippen LogP contribution >= 0.6 is 11.8 Å². The van der Waals surface area contributed by atoms with Gasteiger partial charge in [-0.1, -0.05) is 6.07 Å². The number of thioether (sulfide) groups is 1.